The Hall–Kier alpha value is -1.45. The summed E-state index contributed by atoms with van der Waals surface area (Å²) in [5, 5.41) is 0. The quantitative estimate of drug-likeness (QED) is 0.768. The molecule has 3 heterocycles. The molecule has 0 aromatic carbocycles. The van der Waals surface area contributed by atoms with Crippen LogP contribution in [0.25, 0.3) is 0 Å². The standard InChI is InChI=1S/C14H23N5O3S/c1-2-22-13-5-6-15-14(16-13)17-9-11-19(12-10-17)23(20,21)18-7-3-4-8-18/h5-6H,2-4,7-12H2,1H3. The molecule has 0 amide bonds. The minimum Gasteiger partial charge on any atom is -0.478 e. The molecule has 1 aromatic heterocycles. The first-order valence-corrected chi connectivity index (χ1v) is 9.47. The lowest BCUT2D eigenvalue weighted by molar-refractivity contribution is 0.323. The van der Waals surface area contributed by atoms with E-state index in [0.717, 1.165) is 12.8 Å². The Balaban J connectivity index is 1.63. The molecule has 128 valence electrons. The van der Waals surface area contributed by atoms with E-state index < -0.39 is 10.2 Å². The topological polar surface area (TPSA) is 78.9 Å². The SMILES string of the molecule is CCOc1ccnc(N2CCN(S(=O)(=O)N3CCCC3)CC2)n1. The molecule has 1 aromatic rings. The van der Waals surface area contributed by atoms with Crippen molar-refractivity contribution in [1.29, 1.82) is 0 Å². The lowest BCUT2D eigenvalue weighted by Crippen LogP contribution is -2.52. The highest BCUT2D eigenvalue weighted by molar-refractivity contribution is 7.86. The Bertz CT molecular complexity index is 625. The van der Waals surface area contributed by atoms with Crippen LogP contribution in [-0.4, -0.2) is 72.9 Å². The zero-order chi connectivity index (χ0) is 16.3. The van der Waals surface area contributed by atoms with Crippen molar-refractivity contribution < 1.29 is 13.2 Å². The summed E-state index contributed by atoms with van der Waals surface area (Å²) in [4.78, 5) is 10.6. The predicted octanol–water partition coefficient (Wildman–Crippen LogP) is 0.338. The second-order valence-electron chi connectivity index (χ2n) is 5.63. The molecule has 0 unspecified atom stereocenters. The van der Waals surface area contributed by atoms with Crippen molar-refractivity contribution in [2.45, 2.75) is 19.8 Å². The number of aromatic nitrogens is 2. The van der Waals surface area contributed by atoms with Gasteiger partial charge in [-0.15, -0.1) is 0 Å². The molecule has 0 aliphatic carbocycles. The van der Waals surface area contributed by atoms with Crippen LogP contribution in [0, 0.1) is 0 Å². The first-order valence-electron chi connectivity index (χ1n) is 8.07. The molecule has 2 fully saturated rings. The number of piperazine rings is 1. The number of rotatable bonds is 5. The first-order chi connectivity index (χ1) is 11.1. The summed E-state index contributed by atoms with van der Waals surface area (Å²) in [7, 11) is -3.31. The summed E-state index contributed by atoms with van der Waals surface area (Å²) in [5.41, 5.74) is 0. The molecule has 2 aliphatic heterocycles. The van der Waals surface area contributed by atoms with Crippen LogP contribution in [0.15, 0.2) is 12.3 Å². The van der Waals surface area contributed by atoms with Gasteiger partial charge in [-0.25, -0.2) is 4.98 Å². The summed E-state index contributed by atoms with van der Waals surface area (Å²) in [5.74, 6) is 1.14. The van der Waals surface area contributed by atoms with Gasteiger partial charge >= 0.3 is 0 Å². The van der Waals surface area contributed by atoms with Crippen molar-refractivity contribution in [3.63, 3.8) is 0 Å². The molecule has 3 rings (SSSR count). The maximum absolute atomic E-state index is 12.6. The minimum atomic E-state index is -3.31. The third-order valence-electron chi connectivity index (χ3n) is 4.15. The molecule has 2 saturated heterocycles. The molecule has 0 bridgehead atoms. The summed E-state index contributed by atoms with van der Waals surface area (Å²) < 4.78 is 33.7. The Morgan fingerprint density at radius 1 is 1.09 bits per heavy atom. The third kappa shape index (κ3) is 3.56. The van der Waals surface area contributed by atoms with Crippen molar-refractivity contribution in [2.24, 2.45) is 0 Å². The minimum absolute atomic E-state index is 0.459. The first kappa shape index (κ1) is 16.4. The number of hydrogen-bond acceptors (Lipinski definition) is 6. The monoisotopic (exact) mass is 341 g/mol. The molecule has 9 heteroatoms. The van der Waals surface area contributed by atoms with Crippen LogP contribution < -0.4 is 9.64 Å². The van der Waals surface area contributed by atoms with Gasteiger partial charge in [-0.05, 0) is 19.8 Å². The van der Waals surface area contributed by atoms with Crippen LogP contribution in [0.5, 0.6) is 5.88 Å². The van der Waals surface area contributed by atoms with Crippen molar-refractivity contribution in [1.82, 2.24) is 18.6 Å². The van der Waals surface area contributed by atoms with Crippen LogP contribution in [0.3, 0.4) is 0 Å². The highest BCUT2D eigenvalue weighted by Crippen LogP contribution is 2.20. The fraction of sp³-hybridized carbons (Fsp3) is 0.714. The Kier molecular flexibility index (Phi) is 4.98. The van der Waals surface area contributed by atoms with E-state index in [1.54, 1.807) is 20.9 Å². The Morgan fingerprint density at radius 3 is 2.39 bits per heavy atom. The van der Waals surface area contributed by atoms with E-state index in [4.69, 9.17) is 4.74 Å². The Labute approximate surface area is 137 Å². The second-order valence-corrected chi connectivity index (χ2v) is 7.56. The van der Waals surface area contributed by atoms with Gasteiger partial charge in [-0.3, -0.25) is 0 Å². The molecule has 2 aliphatic rings. The molecule has 0 atom stereocenters. The number of hydrogen-bond donors (Lipinski definition) is 0. The van der Waals surface area contributed by atoms with Gasteiger partial charge in [-0.2, -0.15) is 22.0 Å². The van der Waals surface area contributed by atoms with E-state index in [0.29, 0.717) is 57.7 Å². The third-order valence-corrected chi connectivity index (χ3v) is 6.18. The van der Waals surface area contributed by atoms with Crippen LogP contribution in [0.4, 0.5) is 5.95 Å². The van der Waals surface area contributed by atoms with Gasteiger partial charge in [0.1, 0.15) is 0 Å². The zero-order valence-corrected chi connectivity index (χ0v) is 14.2. The largest absolute Gasteiger partial charge is 0.478 e. The summed E-state index contributed by atoms with van der Waals surface area (Å²) in [6.07, 6.45) is 3.58. The molecule has 8 nitrogen and oxygen atoms in total. The number of anilines is 1. The van der Waals surface area contributed by atoms with Gasteiger partial charge in [0.15, 0.2) is 0 Å². The maximum Gasteiger partial charge on any atom is 0.282 e. The molecule has 0 radical (unpaired) electrons. The lowest BCUT2D eigenvalue weighted by Gasteiger charge is -2.35. The van der Waals surface area contributed by atoms with E-state index in [-0.39, 0.29) is 0 Å². The van der Waals surface area contributed by atoms with Crippen molar-refractivity contribution in [3.8, 4) is 5.88 Å². The van der Waals surface area contributed by atoms with Crippen LogP contribution in [0.2, 0.25) is 0 Å². The van der Waals surface area contributed by atoms with E-state index in [2.05, 4.69) is 9.97 Å². The van der Waals surface area contributed by atoms with Crippen molar-refractivity contribution in [3.05, 3.63) is 12.3 Å². The molecular weight excluding hydrogens is 318 g/mol. The van der Waals surface area contributed by atoms with Crippen LogP contribution >= 0.6 is 0 Å². The average molecular weight is 341 g/mol. The van der Waals surface area contributed by atoms with Gasteiger partial charge in [0, 0.05) is 51.5 Å². The van der Waals surface area contributed by atoms with Gasteiger partial charge in [0.2, 0.25) is 11.8 Å². The Morgan fingerprint density at radius 2 is 1.74 bits per heavy atom. The van der Waals surface area contributed by atoms with Crippen LogP contribution in [-0.2, 0) is 10.2 Å². The summed E-state index contributed by atoms with van der Waals surface area (Å²) in [6, 6.07) is 1.72. The molecule has 23 heavy (non-hydrogen) atoms. The normalized spacial score (nSPS) is 20.8. The van der Waals surface area contributed by atoms with E-state index in [1.807, 2.05) is 11.8 Å². The summed E-state index contributed by atoms with van der Waals surface area (Å²) >= 11 is 0. The summed E-state index contributed by atoms with van der Waals surface area (Å²) in [6.45, 7) is 5.83. The zero-order valence-electron chi connectivity index (χ0n) is 13.4. The molecular formula is C14H23N5O3S. The smallest absolute Gasteiger partial charge is 0.282 e. The van der Waals surface area contributed by atoms with Gasteiger partial charge < -0.3 is 9.64 Å². The maximum atomic E-state index is 12.6. The highest BCUT2D eigenvalue weighted by atomic mass is 32.2. The van der Waals surface area contributed by atoms with Gasteiger partial charge in [-0.1, -0.05) is 0 Å². The fourth-order valence-corrected chi connectivity index (χ4v) is 4.58. The van der Waals surface area contributed by atoms with Gasteiger partial charge in [0.25, 0.3) is 10.2 Å². The molecule has 0 saturated carbocycles. The number of nitrogens with zero attached hydrogens (tertiary/aromatic N) is 5. The van der Waals surface area contributed by atoms with E-state index >= 15 is 0 Å². The van der Waals surface area contributed by atoms with Crippen molar-refractivity contribution in [2.75, 3.05) is 50.8 Å². The second kappa shape index (κ2) is 6.98. The van der Waals surface area contributed by atoms with E-state index in [1.165, 1.54) is 0 Å². The van der Waals surface area contributed by atoms with Gasteiger partial charge in [0.05, 0.1) is 6.61 Å². The van der Waals surface area contributed by atoms with E-state index in [9.17, 15) is 8.42 Å². The molecule has 0 N–H and O–H groups in total. The molecule has 0 spiro atoms. The lowest BCUT2D eigenvalue weighted by atomic mass is 10.4. The van der Waals surface area contributed by atoms with Crippen LogP contribution in [0.1, 0.15) is 19.8 Å². The average Bonchev–Trinajstić information content (AvgIpc) is 3.11. The fourth-order valence-electron chi connectivity index (χ4n) is 2.91. The number of ether oxygens (including phenoxy) is 1. The predicted molar refractivity (Wildman–Crippen MR) is 86.7 cm³/mol. The highest BCUT2D eigenvalue weighted by Gasteiger charge is 2.34. The van der Waals surface area contributed by atoms with Crippen molar-refractivity contribution >= 4 is 16.2 Å².